The molecule has 0 saturated heterocycles. The molecule has 0 atom stereocenters. The molecule has 0 N–H and O–H groups in total. The molecule has 23 heavy (non-hydrogen) atoms. The molecule has 1 radical (unpaired) electrons. The summed E-state index contributed by atoms with van der Waals surface area (Å²) in [6.45, 7) is 0. The average molecular weight is 301 g/mol. The Hall–Kier alpha value is -3.13. The summed E-state index contributed by atoms with van der Waals surface area (Å²) in [6.07, 6.45) is 3.45. The predicted molar refractivity (Wildman–Crippen MR) is 88.3 cm³/mol. The summed E-state index contributed by atoms with van der Waals surface area (Å²) in [5.41, 5.74) is 1.53. The van der Waals surface area contributed by atoms with Crippen molar-refractivity contribution < 1.29 is 9.04 Å². The molecule has 0 bridgehead atoms. The Balaban J connectivity index is 1.70. The minimum atomic E-state index is -0.522. The van der Waals surface area contributed by atoms with Crippen LogP contribution in [-0.2, 0) is 0 Å². The van der Waals surface area contributed by atoms with Crippen molar-refractivity contribution in [1.82, 2.24) is 4.98 Å². The Morgan fingerprint density at radius 2 is 2.04 bits per heavy atom. The van der Waals surface area contributed by atoms with E-state index in [-0.39, 0.29) is 5.56 Å². The quantitative estimate of drug-likeness (QED) is 0.686. The number of hydrogen-bond donors (Lipinski definition) is 0. The van der Waals surface area contributed by atoms with Crippen molar-refractivity contribution in [1.29, 1.82) is 5.26 Å². The third kappa shape index (κ3) is 3.38. The van der Waals surface area contributed by atoms with E-state index in [1.165, 1.54) is 19.6 Å². The summed E-state index contributed by atoms with van der Waals surface area (Å²) in [7, 11) is 1.53. The highest BCUT2D eigenvalue weighted by Crippen LogP contribution is 2.22. The second-order valence-corrected chi connectivity index (χ2v) is 4.80. The molecule has 3 aromatic rings. The monoisotopic (exact) mass is 301 g/mol. The first kappa shape index (κ1) is 14.8. The van der Waals surface area contributed by atoms with E-state index in [0.717, 1.165) is 16.5 Å². The third-order valence-electron chi connectivity index (χ3n) is 3.27. The van der Waals surface area contributed by atoms with Gasteiger partial charge in [-0.1, -0.05) is 36.3 Å². The van der Waals surface area contributed by atoms with Gasteiger partial charge in [0.15, 0.2) is 0 Å². The fourth-order valence-corrected chi connectivity index (χ4v) is 2.17. The zero-order valence-corrected chi connectivity index (χ0v) is 12.1. The van der Waals surface area contributed by atoms with Crippen LogP contribution in [0.15, 0.2) is 60.7 Å². The molecular weight excluding hydrogens is 290 g/mol. The van der Waals surface area contributed by atoms with Crippen molar-refractivity contribution in [2.75, 3.05) is 0 Å². The molecule has 0 aliphatic heterocycles. The maximum Gasteiger partial charge on any atom is 0.401 e. The smallest absolute Gasteiger partial charge is 0.401 e. The largest absolute Gasteiger partial charge is 0.557 e. The molecule has 0 amide bonds. The standard InChI is InChI=1S/C18H11BFN2O/c20-16-7-6-13(11-15(16)12-21)8-9-19-23-17-5-1-3-14-4-2-10-22-18(14)17/h1-11H. The molecule has 109 valence electrons. The van der Waals surface area contributed by atoms with Crippen LogP contribution in [0.2, 0.25) is 0 Å². The van der Waals surface area contributed by atoms with Gasteiger partial charge in [0.2, 0.25) is 0 Å². The number of halogens is 1. The number of para-hydroxylation sites is 1. The van der Waals surface area contributed by atoms with Crippen LogP contribution in [0.3, 0.4) is 0 Å². The second kappa shape index (κ2) is 6.76. The van der Waals surface area contributed by atoms with E-state index < -0.39 is 5.82 Å². The Kier molecular flexibility index (Phi) is 4.35. The Labute approximate surface area is 133 Å². The molecule has 1 aromatic heterocycles. The van der Waals surface area contributed by atoms with Crippen LogP contribution < -0.4 is 4.65 Å². The summed E-state index contributed by atoms with van der Waals surface area (Å²) in [5.74, 6) is 1.83. The van der Waals surface area contributed by atoms with Gasteiger partial charge in [-0.05, 0) is 29.8 Å². The van der Waals surface area contributed by atoms with Crippen molar-refractivity contribution in [3.8, 4) is 11.8 Å². The lowest BCUT2D eigenvalue weighted by atomic mass is 9.98. The summed E-state index contributed by atoms with van der Waals surface area (Å²) < 4.78 is 18.8. The van der Waals surface area contributed by atoms with Gasteiger partial charge in [-0.3, -0.25) is 4.98 Å². The highest BCUT2D eigenvalue weighted by Gasteiger charge is 2.03. The maximum absolute atomic E-state index is 13.2. The highest BCUT2D eigenvalue weighted by atomic mass is 19.1. The van der Waals surface area contributed by atoms with E-state index >= 15 is 0 Å². The molecular formula is C18H11BFN2O. The van der Waals surface area contributed by atoms with Gasteiger partial charge in [0.25, 0.3) is 0 Å². The number of nitrogens with zero attached hydrogens (tertiary/aromatic N) is 2. The van der Waals surface area contributed by atoms with Crippen LogP contribution in [0.5, 0.6) is 5.75 Å². The Morgan fingerprint density at radius 1 is 1.17 bits per heavy atom. The lowest BCUT2D eigenvalue weighted by Gasteiger charge is -2.05. The van der Waals surface area contributed by atoms with Gasteiger partial charge >= 0.3 is 7.48 Å². The zero-order chi connectivity index (χ0) is 16.1. The molecule has 3 nitrogen and oxygen atoms in total. The maximum atomic E-state index is 13.2. The number of pyridine rings is 1. The molecule has 1 heterocycles. The molecule has 5 heteroatoms. The molecule has 0 aliphatic rings. The third-order valence-corrected chi connectivity index (χ3v) is 3.27. The normalized spacial score (nSPS) is 10.6. The summed E-state index contributed by atoms with van der Waals surface area (Å²) in [4.78, 5) is 4.30. The summed E-state index contributed by atoms with van der Waals surface area (Å²) in [5, 5.41) is 9.81. The SMILES string of the molecule is N#Cc1cc(C=C[B]Oc2cccc3cccnc23)ccc1F. The predicted octanol–water partition coefficient (Wildman–Crippen LogP) is 3.91. The van der Waals surface area contributed by atoms with E-state index in [2.05, 4.69) is 4.98 Å². The highest BCUT2D eigenvalue weighted by molar-refractivity contribution is 6.37. The number of fused-ring (bicyclic) bond motifs is 1. The topological polar surface area (TPSA) is 45.9 Å². The minimum absolute atomic E-state index is 0.0197. The molecule has 0 fully saturated rings. The van der Waals surface area contributed by atoms with E-state index in [4.69, 9.17) is 9.92 Å². The molecule has 0 unspecified atom stereocenters. The molecule has 3 rings (SSSR count). The number of hydrogen-bond acceptors (Lipinski definition) is 3. The van der Waals surface area contributed by atoms with Gasteiger partial charge in [0, 0.05) is 11.6 Å². The van der Waals surface area contributed by atoms with Crippen LogP contribution in [-0.4, -0.2) is 12.5 Å². The van der Waals surface area contributed by atoms with Crippen LogP contribution >= 0.6 is 0 Å². The first-order chi connectivity index (χ1) is 11.3. The van der Waals surface area contributed by atoms with E-state index in [1.54, 1.807) is 24.3 Å². The minimum Gasteiger partial charge on any atom is -0.557 e. The molecule has 2 aromatic carbocycles. The van der Waals surface area contributed by atoms with Crippen molar-refractivity contribution in [2.45, 2.75) is 0 Å². The molecule has 0 spiro atoms. The van der Waals surface area contributed by atoms with Gasteiger partial charge in [0.05, 0.1) is 5.56 Å². The lowest BCUT2D eigenvalue weighted by molar-refractivity contribution is 0.610. The number of nitriles is 1. The van der Waals surface area contributed by atoms with E-state index in [9.17, 15) is 4.39 Å². The Bertz CT molecular complexity index is 913. The van der Waals surface area contributed by atoms with Crippen LogP contribution in [0, 0.1) is 17.1 Å². The number of rotatable bonds is 4. The summed E-state index contributed by atoms with van der Waals surface area (Å²) in [6, 6.07) is 15.7. The second-order valence-electron chi connectivity index (χ2n) is 4.80. The first-order valence-corrected chi connectivity index (χ1v) is 6.98. The zero-order valence-electron chi connectivity index (χ0n) is 12.1. The summed E-state index contributed by atoms with van der Waals surface area (Å²) >= 11 is 0. The van der Waals surface area contributed by atoms with E-state index in [1.807, 2.05) is 36.4 Å². The number of aromatic nitrogens is 1. The molecule has 0 saturated carbocycles. The first-order valence-electron chi connectivity index (χ1n) is 6.98. The van der Waals surface area contributed by atoms with Gasteiger partial charge in [-0.15, -0.1) is 0 Å². The van der Waals surface area contributed by atoms with Crippen molar-refractivity contribution in [2.24, 2.45) is 0 Å². The van der Waals surface area contributed by atoms with Gasteiger partial charge < -0.3 is 4.65 Å². The number of benzene rings is 2. The van der Waals surface area contributed by atoms with Crippen molar-refractivity contribution >= 4 is 24.5 Å². The Morgan fingerprint density at radius 3 is 2.91 bits per heavy atom. The van der Waals surface area contributed by atoms with Crippen LogP contribution in [0.1, 0.15) is 11.1 Å². The lowest BCUT2D eigenvalue weighted by Crippen LogP contribution is -1.99. The molecule has 0 aliphatic carbocycles. The van der Waals surface area contributed by atoms with Crippen LogP contribution in [0.4, 0.5) is 4.39 Å². The van der Waals surface area contributed by atoms with Gasteiger partial charge in [0.1, 0.15) is 23.2 Å². The van der Waals surface area contributed by atoms with Gasteiger partial charge in [-0.2, -0.15) is 5.26 Å². The van der Waals surface area contributed by atoms with Crippen molar-refractivity contribution in [3.63, 3.8) is 0 Å². The van der Waals surface area contributed by atoms with Crippen molar-refractivity contribution in [3.05, 3.63) is 77.6 Å². The van der Waals surface area contributed by atoms with E-state index in [0.29, 0.717) is 5.75 Å². The average Bonchev–Trinajstić information content (AvgIpc) is 2.60. The van der Waals surface area contributed by atoms with Crippen LogP contribution in [0.25, 0.3) is 17.0 Å². The fourth-order valence-electron chi connectivity index (χ4n) is 2.17. The fraction of sp³-hybridized carbons (Fsp3) is 0. The van der Waals surface area contributed by atoms with Gasteiger partial charge in [-0.25, -0.2) is 4.39 Å².